The van der Waals surface area contributed by atoms with Crippen LogP contribution in [0.1, 0.15) is 44.7 Å². The van der Waals surface area contributed by atoms with Crippen LogP contribution in [-0.2, 0) is 16.1 Å². The van der Waals surface area contributed by atoms with E-state index in [0.29, 0.717) is 18.8 Å². The normalized spacial score (nSPS) is 23.6. The molecule has 8 heteroatoms. The topological polar surface area (TPSA) is 91.4 Å². The van der Waals surface area contributed by atoms with Crippen molar-refractivity contribution in [3.8, 4) is 10.6 Å². The van der Waals surface area contributed by atoms with Gasteiger partial charge in [0.15, 0.2) is 0 Å². The molecule has 0 atom stereocenters. The number of hydrogen-bond donors (Lipinski definition) is 2. The quantitative estimate of drug-likeness (QED) is 0.693. The highest BCUT2D eigenvalue weighted by atomic mass is 32.1. The highest BCUT2D eigenvalue weighted by molar-refractivity contribution is 7.13. The van der Waals surface area contributed by atoms with E-state index in [1.165, 1.54) is 11.3 Å². The minimum atomic E-state index is -0.817. The molecule has 2 fully saturated rings. The summed E-state index contributed by atoms with van der Waals surface area (Å²) in [6.45, 7) is 2.15. The zero-order valence-electron chi connectivity index (χ0n) is 17.0. The van der Waals surface area contributed by atoms with Crippen molar-refractivity contribution in [1.29, 1.82) is 0 Å². The third kappa shape index (κ3) is 4.09. The highest BCUT2D eigenvalue weighted by Crippen LogP contribution is 2.37. The van der Waals surface area contributed by atoms with Crippen molar-refractivity contribution in [3.05, 3.63) is 41.4 Å². The molecule has 1 aliphatic carbocycles. The van der Waals surface area contributed by atoms with Gasteiger partial charge in [0.1, 0.15) is 17.1 Å². The van der Waals surface area contributed by atoms with E-state index in [4.69, 9.17) is 0 Å². The lowest BCUT2D eigenvalue weighted by molar-refractivity contribution is -0.136. The summed E-state index contributed by atoms with van der Waals surface area (Å²) in [5, 5.41) is 8.42. The second kappa shape index (κ2) is 8.55. The molecule has 1 aromatic heterocycles. The Bertz CT molecular complexity index is 935. The van der Waals surface area contributed by atoms with Gasteiger partial charge in [-0.25, -0.2) is 9.78 Å². The Kier molecular flexibility index (Phi) is 5.85. The molecule has 0 unspecified atom stereocenters. The first kappa shape index (κ1) is 20.5. The van der Waals surface area contributed by atoms with E-state index in [2.05, 4.69) is 22.5 Å². The summed E-state index contributed by atoms with van der Waals surface area (Å²) in [6.07, 6.45) is 4.24. The molecule has 4 amide bonds. The van der Waals surface area contributed by atoms with Gasteiger partial charge in [-0.3, -0.25) is 14.5 Å². The van der Waals surface area contributed by atoms with Crippen molar-refractivity contribution >= 4 is 29.2 Å². The minimum absolute atomic E-state index is 0.259. The maximum absolute atomic E-state index is 12.9. The zero-order chi connectivity index (χ0) is 21.1. The molecule has 7 nitrogen and oxygen atoms in total. The maximum Gasteiger partial charge on any atom is 0.325 e. The van der Waals surface area contributed by atoms with Crippen LogP contribution in [0.3, 0.4) is 0 Å². The number of imide groups is 1. The van der Waals surface area contributed by atoms with Crippen molar-refractivity contribution in [1.82, 2.24) is 20.5 Å². The Balaban J connectivity index is 1.32. The lowest BCUT2D eigenvalue weighted by Gasteiger charge is -2.34. The first-order valence-electron chi connectivity index (χ1n) is 10.4. The van der Waals surface area contributed by atoms with Crippen molar-refractivity contribution < 1.29 is 14.4 Å². The van der Waals surface area contributed by atoms with Crippen LogP contribution in [0.15, 0.2) is 35.7 Å². The summed E-state index contributed by atoms with van der Waals surface area (Å²) in [5.41, 5.74) is 0.962. The number of nitrogens with one attached hydrogen (secondary N) is 2. The predicted molar refractivity (Wildman–Crippen MR) is 115 cm³/mol. The van der Waals surface area contributed by atoms with Crippen LogP contribution in [0.4, 0.5) is 4.79 Å². The highest BCUT2D eigenvalue weighted by Gasteiger charge is 2.52. The number of benzene rings is 1. The zero-order valence-corrected chi connectivity index (χ0v) is 17.8. The summed E-state index contributed by atoms with van der Waals surface area (Å²) in [6, 6.07) is 9.37. The van der Waals surface area contributed by atoms with Gasteiger partial charge in [-0.1, -0.05) is 43.7 Å². The van der Waals surface area contributed by atoms with Crippen LogP contribution in [0.25, 0.3) is 10.6 Å². The fourth-order valence-electron chi connectivity index (χ4n) is 4.23. The molecule has 1 saturated heterocycles. The van der Waals surface area contributed by atoms with E-state index in [1.807, 2.05) is 35.7 Å². The molecule has 2 N–H and O–H groups in total. The summed E-state index contributed by atoms with van der Waals surface area (Å²) in [4.78, 5) is 43.3. The molecule has 0 bridgehead atoms. The predicted octanol–water partition coefficient (Wildman–Crippen LogP) is 3.32. The van der Waals surface area contributed by atoms with Crippen LogP contribution in [0, 0.1) is 5.92 Å². The van der Waals surface area contributed by atoms with Gasteiger partial charge >= 0.3 is 6.03 Å². The van der Waals surface area contributed by atoms with Gasteiger partial charge in [0.05, 0.1) is 12.2 Å². The average molecular weight is 427 g/mol. The average Bonchev–Trinajstić information content (AvgIpc) is 3.33. The number of aromatic nitrogens is 1. The Morgan fingerprint density at radius 1 is 1.27 bits per heavy atom. The number of urea groups is 1. The molecule has 2 aromatic rings. The largest absolute Gasteiger partial charge is 0.349 e. The Hall–Kier alpha value is -2.74. The molecule has 4 rings (SSSR count). The molecule has 0 radical (unpaired) electrons. The molecular weight excluding hydrogens is 400 g/mol. The summed E-state index contributed by atoms with van der Waals surface area (Å²) >= 11 is 1.51. The number of thiazole rings is 1. The number of amides is 4. The summed E-state index contributed by atoms with van der Waals surface area (Å²) < 4.78 is 0. The van der Waals surface area contributed by atoms with Crippen molar-refractivity contribution in [3.63, 3.8) is 0 Å². The van der Waals surface area contributed by atoms with Gasteiger partial charge in [-0.2, -0.15) is 0 Å². The number of nitrogens with zero attached hydrogens (tertiary/aromatic N) is 2. The second-order valence-corrected chi connectivity index (χ2v) is 8.90. The van der Waals surface area contributed by atoms with Crippen LogP contribution >= 0.6 is 11.3 Å². The third-order valence-corrected chi connectivity index (χ3v) is 7.06. The standard InChI is InChI=1S/C22H26N4O3S/c1-2-15-8-10-22(11-9-15)20(28)26(21(29)25-22)13-18(27)23-12-17-14-30-19(24-17)16-6-4-3-5-7-16/h3-7,14-15H,2,8-13H2,1H3,(H,23,27)(H,25,29). The van der Waals surface area contributed by atoms with Gasteiger partial charge in [0, 0.05) is 10.9 Å². The third-order valence-electron chi connectivity index (χ3n) is 6.12. The molecular formula is C22H26N4O3S. The van der Waals surface area contributed by atoms with Gasteiger partial charge < -0.3 is 10.6 Å². The molecule has 1 aliphatic heterocycles. The molecule has 1 saturated carbocycles. The van der Waals surface area contributed by atoms with Crippen molar-refractivity contribution in [2.24, 2.45) is 5.92 Å². The van der Waals surface area contributed by atoms with Gasteiger partial charge in [0.2, 0.25) is 5.91 Å². The van der Waals surface area contributed by atoms with E-state index in [-0.39, 0.29) is 24.9 Å². The molecule has 30 heavy (non-hydrogen) atoms. The van der Waals surface area contributed by atoms with Crippen LogP contribution in [0.2, 0.25) is 0 Å². The second-order valence-electron chi connectivity index (χ2n) is 8.04. The van der Waals surface area contributed by atoms with Crippen LogP contribution < -0.4 is 10.6 Å². The van der Waals surface area contributed by atoms with Crippen molar-refractivity contribution in [2.45, 2.75) is 51.1 Å². The minimum Gasteiger partial charge on any atom is -0.349 e. The first-order chi connectivity index (χ1) is 14.5. The molecule has 1 spiro atoms. The Labute approximate surface area is 179 Å². The van der Waals surface area contributed by atoms with Gasteiger partial charge in [-0.05, 0) is 31.6 Å². The number of carbonyl (C=O) groups excluding carboxylic acids is 3. The fourth-order valence-corrected chi connectivity index (χ4v) is 5.05. The fraction of sp³-hybridized carbons (Fsp3) is 0.455. The summed E-state index contributed by atoms with van der Waals surface area (Å²) in [5.74, 6) is -0.0270. The summed E-state index contributed by atoms with van der Waals surface area (Å²) in [7, 11) is 0. The molecule has 1 aromatic carbocycles. The Morgan fingerprint density at radius 2 is 2.00 bits per heavy atom. The maximum atomic E-state index is 12.9. The van der Waals surface area contributed by atoms with E-state index in [1.54, 1.807) is 0 Å². The van der Waals surface area contributed by atoms with Gasteiger partial charge in [0.25, 0.3) is 5.91 Å². The van der Waals surface area contributed by atoms with E-state index in [0.717, 1.165) is 40.4 Å². The smallest absolute Gasteiger partial charge is 0.325 e. The first-order valence-corrected chi connectivity index (χ1v) is 11.3. The SMILES string of the molecule is CCC1CCC2(CC1)NC(=O)N(CC(=O)NCc1csc(-c3ccccc3)n1)C2=O. The lowest BCUT2D eigenvalue weighted by Crippen LogP contribution is -2.50. The molecule has 2 aliphatic rings. The Morgan fingerprint density at radius 3 is 2.70 bits per heavy atom. The number of rotatable bonds is 6. The molecule has 158 valence electrons. The van der Waals surface area contributed by atoms with Gasteiger partial charge in [-0.15, -0.1) is 11.3 Å². The number of carbonyl (C=O) groups is 3. The lowest BCUT2D eigenvalue weighted by atomic mass is 9.75. The monoisotopic (exact) mass is 426 g/mol. The van der Waals surface area contributed by atoms with E-state index < -0.39 is 11.6 Å². The van der Waals surface area contributed by atoms with E-state index in [9.17, 15) is 14.4 Å². The van der Waals surface area contributed by atoms with Crippen molar-refractivity contribution in [2.75, 3.05) is 6.54 Å². The van der Waals surface area contributed by atoms with E-state index >= 15 is 0 Å². The van der Waals surface area contributed by atoms with Crippen LogP contribution in [0.5, 0.6) is 0 Å². The van der Waals surface area contributed by atoms with Crippen LogP contribution in [-0.4, -0.2) is 39.8 Å². The molecule has 2 heterocycles. The number of hydrogen-bond acceptors (Lipinski definition) is 5.